The maximum atomic E-state index is 13.7. The molecule has 3 aromatic rings. The molecule has 1 aliphatic rings. The number of esters is 1. The summed E-state index contributed by atoms with van der Waals surface area (Å²) in [7, 11) is 0. The van der Waals surface area contributed by atoms with Gasteiger partial charge in [0.15, 0.2) is 0 Å². The van der Waals surface area contributed by atoms with Crippen LogP contribution in [0.1, 0.15) is 69.9 Å². The van der Waals surface area contributed by atoms with Gasteiger partial charge in [-0.15, -0.1) is 0 Å². The van der Waals surface area contributed by atoms with Crippen LogP contribution in [0.2, 0.25) is 0 Å². The van der Waals surface area contributed by atoms with Crippen molar-refractivity contribution in [1.82, 2.24) is 4.98 Å². The smallest absolute Gasteiger partial charge is 0.341 e. The number of pyridine rings is 1. The number of ether oxygens (including phenoxy) is 1. The van der Waals surface area contributed by atoms with Gasteiger partial charge in [-0.2, -0.15) is 0 Å². The Morgan fingerprint density at radius 3 is 2.24 bits per heavy atom. The molecule has 2 heterocycles. The molecule has 1 aromatic heterocycles. The predicted molar refractivity (Wildman–Crippen MR) is 134 cm³/mol. The maximum absolute atomic E-state index is 13.7. The Labute approximate surface area is 196 Å². The summed E-state index contributed by atoms with van der Waals surface area (Å²) in [5.41, 5.74) is 3.86. The zero-order valence-corrected chi connectivity index (χ0v) is 20.7. The summed E-state index contributed by atoms with van der Waals surface area (Å²) in [5.74, 6) is -0.728. The third-order valence-corrected chi connectivity index (χ3v) is 5.61. The summed E-state index contributed by atoms with van der Waals surface area (Å²) in [4.78, 5) is 20.3. The van der Waals surface area contributed by atoms with Crippen molar-refractivity contribution in [3.05, 3.63) is 59.5 Å². The largest absolute Gasteiger partial charge is 0.456 e. The highest BCUT2D eigenvalue weighted by Crippen LogP contribution is 2.36. The van der Waals surface area contributed by atoms with Gasteiger partial charge in [0.1, 0.15) is 11.4 Å². The molecule has 4 rings (SSSR count). The summed E-state index contributed by atoms with van der Waals surface area (Å²) in [6, 6.07) is 12.5. The average molecular weight is 451 g/mol. The highest BCUT2D eigenvalue weighted by Gasteiger charge is 2.26. The molecule has 0 amide bonds. The number of anilines is 1. The van der Waals surface area contributed by atoms with Crippen LogP contribution in [0.5, 0.6) is 0 Å². The van der Waals surface area contributed by atoms with Gasteiger partial charge in [-0.1, -0.05) is 26.0 Å². The number of halogens is 1. The molecule has 0 atom stereocenters. The van der Waals surface area contributed by atoms with E-state index in [0.717, 1.165) is 40.8 Å². The van der Waals surface area contributed by atoms with Crippen molar-refractivity contribution in [2.45, 2.75) is 66.4 Å². The number of rotatable bonds is 3. The highest BCUT2D eigenvalue weighted by atomic mass is 19.1. The second-order valence-corrected chi connectivity index (χ2v) is 9.21. The minimum atomic E-state index is -0.631. The fourth-order valence-electron chi connectivity index (χ4n) is 4.22. The molecule has 0 radical (unpaired) electrons. The van der Waals surface area contributed by atoms with Gasteiger partial charge in [-0.05, 0) is 82.9 Å². The molecule has 4 nitrogen and oxygen atoms in total. The molecule has 0 bridgehead atoms. The number of benzene rings is 2. The number of aromatic nitrogens is 1. The standard InChI is InChI=1S/C26H29FN2O2.C2H6/c1-17-23(25(30)31-26(2,3)4)24(18-8-10-19(27)11-9-18)21-16-20(12-13-22(21)28-17)29-14-6-5-7-15-29;1-2/h8-13,16H,5-7,14-15H2,1-4H3;1-2H3. The fraction of sp³-hybridized carbons (Fsp3) is 0.429. The van der Waals surface area contributed by atoms with Crippen molar-refractivity contribution in [3.63, 3.8) is 0 Å². The summed E-state index contributed by atoms with van der Waals surface area (Å²) in [5, 5.41) is 0.876. The van der Waals surface area contributed by atoms with Crippen molar-refractivity contribution in [2.24, 2.45) is 0 Å². The monoisotopic (exact) mass is 450 g/mol. The molecule has 0 spiro atoms. The lowest BCUT2D eigenvalue weighted by Crippen LogP contribution is -2.29. The van der Waals surface area contributed by atoms with Crippen LogP contribution in [-0.4, -0.2) is 29.6 Å². The Balaban J connectivity index is 0.00000149. The van der Waals surface area contributed by atoms with Crippen LogP contribution in [0, 0.1) is 12.7 Å². The van der Waals surface area contributed by atoms with Crippen molar-refractivity contribution in [1.29, 1.82) is 0 Å². The quantitative estimate of drug-likeness (QED) is 0.392. The summed E-state index contributed by atoms with van der Waals surface area (Å²) < 4.78 is 19.4. The van der Waals surface area contributed by atoms with Gasteiger partial charge in [0.2, 0.25) is 0 Å². The zero-order valence-electron chi connectivity index (χ0n) is 20.7. The number of carbonyl (C=O) groups excluding carboxylic acids is 1. The normalized spacial score (nSPS) is 14.0. The van der Waals surface area contributed by atoms with Gasteiger partial charge in [0.05, 0.1) is 16.8 Å². The fourth-order valence-corrected chi connectivity index (χ4v) is 4.22. The third-order valence-electron chi connectivity index (χ3n) is 5.61. The number of hydrogen-bond donors (Lipinski definition) is 0. The molecule has 0 N–H and O–H groups in total. The van der Waals surface area contributed by atoms with Gasteiger partial charge < -0.3 is 9.64 Å². The summed E-state index contributed by atoms with van der Waals surface area (Å²) in [6.45, 7) is 13.4. The van der Waals surface area contributed by atoms with E-state index in [4.69, 9.17) is 9.72 Å². The van der Waals surface area contributed by atoms with E-state index < -0.39 is 11.6 Å². The van der Waals surface area contributed by atoms with Crippen LogP contribution in [-0.2, 0) is 4.74 Å². The van der Waals surface area contributed by atoms with Gasteiger partial charge >= 0.3 is 5.97 Å². The first-order valence-corrected chi connectivity index (χ1v) is 11.9. The van der Waals surface area contributed by atoms with Gasteiger partial charge in [-0.25, -0.2) is 9.18 Å². The SMILES string of the molecule is CC.Cc1nc2ccc(N3CCCCC3)cc2c(-c2ccc(F)cc2)c1C(=O)OC(C)(C)C. The van der Waals surface area contributed by atoms with Crippen LogP contribution < -0.4 is 4.90 Å². The third kappa shape index (κ3) is 5.70. The zero-order chi connectivity index (χ0) is 24.2. The Morgan fingerprint density at radius 1 is 1.00 bits per heavy atom. The molecule has 176 valence electrons. The molecule has 0 aliphatic carbocycles. The Morgan fingerprint density at radius 2 is 1.64 bits per heavy atom. The molecule has 1 aliphatic heterocycles. The van der Waals surface area contributed by atoms with Crippen molar-refractivity contribution < 1.29 is 13.9 Å². The van der Waals surface area contributed by atoms with Gasteiger partial charge in [-0.3, -0.25) is 4.98 Å². The second kappa shape index (κ2) is 10.3. The van der Waals surface area contributed by atoms with Crippen molar-refractivity contribution >= 4 is 22.6 Å². The van der Waals surface area contributed by atoms with Crippen LogP contribution >= 0.6 is 0 Å². The van der Waals surface area contributed by atoms with Crippen LogP contribution in [0.3, 0.4) is 0 Å². The van der Waals surface area contributed by atoms with Crippen LogP contribution in [0.25, 0.3) is 22.0 Å². The topological polar surface area (TPSA) is 42.4 Å². The Bertz CT molecular complexity index is 1110. The van der Waals surface area contributed by atoms with Crippen LogP contribution in [0.15, 0.2) is 42.5 Å². The Kier molecular flexibility index (Phi) is 7.72. The molecule has 2 aromatic carbocycles. The number of carbonyl (C=O) groups is 1. The minimum absolute atomic E-state index is 0.313. The van der Waals surface area contributed by atoms with E-state index in [2.05, 4.69) is 17.0 Å². The maximum Gasteiger partial charge on any atom is 0.341 e. The number of hydrogen-bond acceptors (Lipinski definition) is 4. The predicted octanol–water partition coefficient (Wildman–Crippen LogP) is 7.32. The summed E-state index contributed by atoms with van der Waals surface area (Å²) in [6.07, 6.45) is 3.62. The van der Waals surface area contributed by atoms with E-state index in [9.17, 15) is 9.18 Å². The number of fused-ring (bicyclic) bond motifs is 1. The number of aryl methyl sites for hydroxylation is 1. The first-order valence-electron chi connectivity index (χ1n) is 11.9. The lowest BCUT2D eigenvalue weighted by atomic mass is 9.93. The highest BCUT2D eigenvalue weighted by molar-refractivity contribution is 6.08. The van der Waals surface area contributed by atoms with Gasteiger partial charge in [0.25, 0.3) is 0 Å². The molecule has 0 saturated carbocycles. The van der Waals surface area contributed by atoms with E-state index in [-0.39, 0.29) is 5.82 Å². The van der Waals surface area contributed by atoms with E-state index in [1.165, 1.54) is 31.4 Å². The molecule has 0 unspecified atom stereocenters. The van der Waals surface area contributed by atoms with E-state index in [1.807, 2.05) is 47.6 Å². The summed E-state index contributed by atoms with van der Waals surface area (Å²) >= 11 is 0. The number of piperidine rings is 1. The average Bonchev–Trinajstić information content (AvgIpc) is 2.79. The van der Waals surface area contributed by atoms with E-state index in [1.54, 1.807) is 12.1 Å². The van der Waals surface area contributed by atoms with E-state index >= 15 is 0 Å². The molecular formula is C28H35FN2O2. The second-order valence-electron chi connectivity index (χ2n) is 9.21. The molecule has 5 heteroatoms. The van der Waals surface area contributed by atoms with Gasteiger partial charge in [0, 0.05) is 29.7 Å². The minimum Gasteiger partial charge on any atom is -0.456 e. The first kappa shape index (κ1) is 24.7. The lowest BCUT2D eigenvalue weighted by Gasteiger charge is -2.29. The lowest BCUT2D eigenvalue weighted by molar-refractivity contribution is 0.00693. The number of nitrogens with zero attached hydrogens (tertiary/aromatic N) is 2. The van der Waals surface area contributed by atoms with Crippen molar-refractivity contribution in [3.8, 4) is 11.1 Å². The molecular weight excluding hydrogens is 415 g/mol. The molecule has 1 fully saturated rings. The van der Waals surface area contributed by atoms with Crippen molar-refractivity contribution in [2.75, 3.05) is 18.0 Å². The molecule has 33 heavy (non-hydrogen) atoms. The first-order chi connectivity index (χ1) is 15.7. The molecule has 1 saturated heterocycles. The van der Waals surface area contributed by atoms with E-state index in [0.29, 0.717) is 11.3 Å². The van der Waals surface area contributed by atoms with Crippen LogP contribution in [0.4, 0.5) is 10.1 Å². The Hall–Kier alpha value is -2.95.